The second-order valence-corrected chi connectivity index (χ2v) is 5.59. The summed E-state index contributed by atoms with van der Waals surface area (Å²) in [5.41, 5.74) is 0. The van der Waals surface area contributed by atoms with E-state index in [1.807, 2.05) is 19.0 Å². The van der Waals surface area contributed by atoms with E-state index in [2.05, 4.69) is 24.1 Å². The quantitative estimate of drug-likeness (QED) is 0.767. The summed E-state index contributed by atoms with van der Waals surface area (Å²) in [6.07, 6.45) is 1.25. The molecule has 4 nitrogen and oxygen atoms in total. The lowest BCUT2D eigenvalue weighted by atomic mass is 9.92. The van der Waals surface area contributed by atoms with Crippen molar-refractivity contribution in [3.63, 3.8) is 0 Å². The molecule has 0 aromatic rings. The fraction of sp³-hybridized carbons (Fsp3) is 0.923. The molecule has 17 heavy (non-hydrogen) atoms. The lowest BCUT2D eigenvalue weighted by Gasteiger charge is -2.35. The molecule has 0 aliphatic carbocycles. The normalized spacial score (nSPS) is 25.4. The third-order valence-electron chi connectivity index (χ3n) is 3.37. The van der Waals surface area contributed by atoms with Crippen molar-refractivity contribution in [2.75, 3.05) is 46.8 Å². The molecule has 1 N–H and O–H groups in total. The van der Waals surface area contributed by atoms with E-state index in [4.69, 9.17) is 0 Å². The zero-order valence-electron chi connectivity index (χ0n) is 11.7. The second-order valence-electron chi connectivity index (χ2n) is 5.59. The third-order valence-corrected chi connectivity index (χ3v) is 3.37. The third kappa shape index (κ3) is 5.04. The summed E-state index contributed by atoms with van der Waals surface area (Å²) < 4.78 is 0. The average molecular weight is 241 g/mol. The number of likely N-dealkylation sites (N-methyl/N-ethyl adjacent to an activating group) is 2. The van der Waals surface area contributed by atoms with E-state index in [0.717, 1.165) is 26.2 Å². The van der Waals surface area contributed by atoms with Crippen molar-refractivity contribution < 1.29 is 4.79 Å². The maximum Gasteiger partial charge on any atom is 0.236 e. The molecule has 1 amide bonds. The standard InChI is InChI=1S/C13H27N3O/c1-11-7-12(2)9-16(8-11)13(17)10-15(4)6-5-14-3/h11-12,14H,5-10H2,1-4H3. The van der Waals surface area contributed by atoms with Gasteiger partial charge in [0.2, 0.25) is 5.91 Å². The molecule has 100 valence electrons. The van der Waals surface area contributed by atoms with Crippen LogP contribution in [0.1, 0.15) is 20.3 Å². The number of hydrogen-bond acceptors (Lipinski definition) is 3. The Morgan fingerprint density at radius 3 is 2.47 bits per heavy atom. The van der Waals surface area contributed by atoms with E-state index in [9.17, 15) is 4.79 Å². The number of nitrogens with one attached hydrogen (secondary N) is 1. The van der Waals surface area contributed by atoms with E-state index in [-0.39, 0.29) is 5.91 Å². The first-order valence-electron chi connectivity index (χ1n) is 6.63. The van der Waals surface area contributed by atoms with Crippen LogP contribution >= 0.6 is 0 Å². The molecule has 0 radical (unpaired) electrons. The van der Waals surface area contributed by atoms with Crippen LogP contribution in [-0.2, 0) is 4.79 Å². The fourth-order valence-electron chi connectivity index (χ4n) is 2.58. The Balaban J connectivity index is 2.36. The number of nitrogens with zero attached hydrogens (tertiary/aromatic N) is 2. The molecule has 4 heteroatoms. The van der Waals surface area contributed by atoms with Gasteiger partial charge in [0.05, 0.1) is 6.54 Å². The molecular formula is C13H27N3O. The van der Waals surface area contributed by atoms with Crippen LogP contribution in [-0.4, -0.2) is 62.5 Å². The van der Waals surface area contributed by atoms with E-state index in [0.29, 0.717) is 18.4 Å². The molecule has 1 aliphatic heterocycles. The van der Waals surface area contributed by atoms with Gasteiger partial charge in [-0.25, -0.2) is 0 Å². The monoisotopic (exact) mass is 241 g/mol. The molecule has 1 heterocycles. The summed E-state index contributed by atoms with van der Waals surface area (Å²) in [5, 5.41) is 3.10. The summed E-state index contributed by atoms with van der Waals surface area (Å²) >= 11 is 0. The summed E-state index contributed by atoms with van der Waals surface area (Å²) in [7, 11) is 3.94. The van der Waals surface area contributed by atoms with Crippen LogP contribution in [0.25, 0.3) is 0 Å². The van der Waals surface area contributed by atoms with Gasteiger partial charge in [0.25, 0.3) is 0 Å². The van der Waals surface area contributed by atoms with Crippen molar-refractivity contribution in [2.24, 2.45) is 11.8 Å². The summed E-state index contributed by atoms with van der Waals surface area (Å²) in [6.45, 7) is 8.73. The molecule has 0 bridgehead atoms. The Morgan fingerprint density at radius 1 is 1.35 bits per heavy atom. The van der Waals surface area contributed by atoms with Gasteiger partial charge in [-0.15, -0.1) is 0 Å². The van der Waals surface area contributed by atoms with Gasteiger partial charge >= 0.3 is 0 Å². The number of likely N-dealkylation sites (tertiary alicyclic amines) is 1. The van der Waals surface area contributed by atoms with Gasteiger partial charge in [-0.05, 0) is 32.4 Å². The maximum atomic E-state index is 12.1. The molecule has 2 atom stereocenters. The predicted molar refractivity (Wildman–Crippen MR) is 70.9 cm³/mol. The number of amides is 1. The summed E-state index contributed by atoms with van der Waals surface area (Å²) in [5.74, 6) is 1.57. The van der Waals surface area contributed by atoms with Crippen LogP contribution in [0.2, 0.25) is 0 Å². The number of rotatable bonds is 5. The molecular weight excluding hydrogens is 214 g/mol. The van der Waals surface area contributed by atoms with Crippen molar-refractivity contribution in [1.29, 1.82) is 0 Å². The molecule has 1 fully saturated rings. The average Bonchev–Trinajstić information content (AvgIpc) is 2.25. The van der Waals surface area contributed by atoms with E-state index in [1.165, 1.54) is 6.42 Å². The first-order chi connectivity index (χ1) is 8.02. The highest BCUT2D eigenvalue weighted by molar-refractivity contribution is 5.78. The van der Waals surface area contributed by atoms with Crippen LogP contribution in [0.4, 0.5) is 0 Å². The number of hydrogen-bond donors (Lipinski definition) is 1. The maximum absolute atomic E-state index is 12.1. The zero-order chi connectivity index (χ0) is 12.8. The van der Waals surface area contributed by atoms with E-state index in [1.54, 1.807) is 0 Å². The van der Waals surface area contributed by atoms with Gasteiger partial charge in [0.1, 0.15) is 0 Å². The highest BCUT2D eigenvalue weighted by atomic mass is 16.2. The minimum atomic E-state index is 0.280. The van der Waals surface area contributed by atoms with Crippen molar-refractivity contribution in [3.8, 4) is 0 Å². The van der Waals surface area contributed by atoms with Gasteiger partial charge in [0, 0.05) is 26.2 Å². The van der Waals surface area contributed by atoms with Crippen molar-refractivity contribution >= 4 is 5.91 Å². The minimum absolute atomic E-state index is 0.280. The number of carbonyl (C=O) groups is 1. The summed E-state index contributed by atoms with van der Waals surface area (Å²) in [4.78, 5) is 16.2. The Bertz CT molecular complexity index is 235. The van der Waals surface area contributed by atoms with Gasteiger partial charge in [-0.2, -0.15) is 0 Å². The Morgan fingerprint density at radius 2 is 1.94 bits per heavy atom. The summed E-state index contributed by atoms with van der Waals surface area (Å²) in [6, 6.07) is 0. The second kappa shape index (κ2) is 6.97. The van der Waals surface area contributed by atoms with E-state index >= 15 is 0 Å². The van der Waals surface area contributed by atoms with E-state index < -0.39 is 0 Å². The highest BCUT2D eigenvalue weighted by Gasteiger charge is 2.25. The molecule has 1 saturated heterocycles. The molecule has 0 saturated carbocycles. The fourth-order valence-corrected chi connectivity index (χ4v) is 2.58. The number of carbonyl (C=O) groups excluding carboxylic acids is 1. The topological polar surface area (TPSA) is 35.6 Å². The van der Waals surface area contributed by atoms with Crippen molar-refractivity contribution in [1.82, 2.24) is 15.1 Å². The number of piperidine rings is 1. The molecule has 2 unspecified atom stereocenters. The highest BCUT2D eigenvalue weighted by Crippen LogP contribution is 2.20. The molecule has 0 spiro atoms. The largest absolute Gasteiger partial charge is 0.341 e. The zero-order valence-corrected chi connectivity index (χ0v) is 11.7. The Hall–Kier alpha value is -0.610. The first-order valence-corrected chi connectivity index (χ1v) is 6.63. The van der Waals surface area contributed by atoms with Gasteiger partial charge < -0.3 is 10.2 Å². The van der Waals surface area contributed by atoms with Gasteiger partial charge in [0.15, 0.2) is 0 Å². The lowest BCUT2D eigenvalue weighted by Crippen LogP contribution is -2.46. The van der Waals surface area contributed by atoms with Crippen molar-refractivity contribution in [3.05, 3.63) is 0 Å². The van der Waals surface area contributed by atoms with Gasteiger partial charge in [-0.3, -0.25) is 9.69 Å². The Kier molecular flexibility index (Phi) is 5.92. The van der Waals surface area contributed by atoms with Crippen LogP contribution in [0.15, 0.2) is 0 Å². The minimum Gasteiger partial charge on any atom is -0.341 e. The smallest absolute Gasteiger partial charge is 0.236 e. The van der Waals surface area contributed by atoms with Crippen LogP contribution in [0.5, 0.6) is 0 Å². The van der Waals surface area contributed by atoms with Crippen LogP contribution in [0, 0.1) is 11.8 Å². The molecule has 1 rings (SSSR count). The molecule has 0 aromatic carbocycles. The SMILES string of the molecule is CNCCN(C)CC(=O)N1CC(C)CC(C)C1. The van der Waals surface area contributed by atoms with Crippen LogP contribution in [0.3, 0.4) is 0 Å². The Labute approximate surface area is 105 Å². The molecule has 0 aromatic heterocycles. The molecule has 1 aliphatic rings. The van der Waals surface area contributed by atoms with Gasteiger partial charge in [-0.1, -0.05) is 13.8 Å². The first kappa shape index (κ1) is 14.5. The lowest BCUT2D eigenvalue weighted by molar-refractivity contribution is -0.134. The predicted octanol–water partition coefficient (Wildman–Crippen LogP) is 0.642. The van der Waals surface area contributed by atoms with Crippen molar-refractivity contribution in [2.45, 2.75) is 20.3 Å². The van der Waals surface area contributed by atoms with Crippen LogP contribution < -0.4 is 5.32 Å².